The zero-order valence-corrected chi connectivity index (χ0v) is 16.3. The summed E-state index contributed by atoms with van der Waals surface area (Å²) in [4.78, 5) is 28.4. The Hall–Kier alpha value is -3.10. The maximum absolute atomic E-state index is 13.8. The van der Waals surface area contributed by atoms with E-state index in [1.54, 1.807) is 30.3 Å². The minimum atomic E-state index is -0.341. The van der Waals surface area contributed by atoms with Crippen molar-refractivity contribution < 1.29 is 14.0 Å². The topological polar surface area (TPSA) is 71.1 Å². The molecule has 28 heavy (non-hydrogen) atoms. The van der Waals surface area contributed by atoms with E-state index in [1.807, 2.05) is 17.5 Å². The number of halogens is 1. The fourth-order valence-electron chi connectivity index (χ4n) is 2.69. The fraction of sp³-hybridized carbons (Fsp3) is 0.0500. The van der Waals surface area contributed by atoms with Crippen molar-refractivity contribution in [1.82, 2.24) is 4.98 Å². The van der Waals surface area contributed by atoms with Crippen molar-refractivity contribution in [3.8, 4) is 11.3 Å². The number of anilines is 2. The number of carbonyl (C=O) groups excluding carboxylic acids is 2. The number of hydrogen-bond acceptors (Lipinski definition) is 5. The molecule has 2 aromatic carbocycles. The lowest BCUT2D eigenvalue weighted by Crippen LogP contribution is -2.09. The summed E-state index contributed by atoms with van der Waals surface area (Å²) < 4.78 is 14.5. The van der Waals surface area contributed by atoms with Crippen molar-refractivity contribution >= 4 is 55.4 Å². The first-order valence-corrected chi connectivity index (χ1v) is 10.0. The molecular weight excluding hydrogens is 397 g/mol. The molecule has 0 atom stereocenters. The Kier molecular flexibility index (Phi) is 4.89. The Morgan fingerprint density at radius 1 is 1.07 bits per heavy atom. The number of nitrogens with one attached hydrogen (secondary N) is 2. The Labute approximate surface area is 167 Å². The molecule has 0 radical (unpaired) electrons. The standard InChI is InChI=1S/C20H14FN3O2S2/c1-11(25)22-13-7-5-12(6-8-13)16-10-27-20(23-16)24-19(26)18-9-14-15(21)3-2-4-17(14)28-18/h2-10H,1H3,(H,22,25)(H,23,24,26). The first kappa shape index (κ1) is 18.3. The second kappa shape index (κ2) is 7.49. The van der Waals surface area contributed by atoms with Crippen LogP contribution >= 0.6 is 22.7 Å². The molecule has 2 amide bonds. The predicted molar refractivity (Wildman–Crippen MR) is 112 cm³/mol. The fourth-order valence-corrected chi connectivity index (χ4v) is 4.37. The highest BCUT2D eigenvalue weighted by molar-refractivity contribution is 7.21. The molecule has 2 heterocycles. The molecule has 2 N–H and O–H groups in total. The molecule has 4 rings (SSSR count). The maximum atomic E-state index is 13.8. The van der Waals surface area contributed by atoms with Gasteiger partial charge in [0.1, 0.15) is 5.82 Å². The number of fused-ring (bicyclic) bond motifs is 1. The largest absolute Gasteiger partial charge is 0.326 e. The number of benzene rings is 2. The van der Waals surface area contributed by atoms with Gasteiger partial charge in [0.25, 0.3) is 5.91 Å². The summed E-state index contributed by atoms with van der Waals surface area (Å²) in [5.41, 5.74) is 2.30. The van der Waals surface area contributed by atoms with E-state index in [2.05, 4.69) is 15.6 Å². The summed E-state index contributed by atoms with van der Waals surface area (Å²) in [5, 5.41) is 8.22. The van der Waals surface area contributed by atoms with Crippen LogP contribution in [0.1, 0.15) is 16.6 Å². The van der Waals surface area contributed by atoms with Gasteiger partial charge in [-0.3, -0.25) is 14.9 Å². The van der Waals surface area contributed by atoms with Crippen LogP contribution in [-0.2, 0) is 4.79 Å². The number of amides is 2. The molecule has 0 unspecified atom stereocenters. The molecule has 4 aromatic rings. The number of carbonyl (C=O) groups is 2. The zero-order valence-electron chi connectivity index (χ0n) is 14.7. The van der Waals surface area contributed by atoms with Gasteiger partial charge >= 0.3 is 0 Å². The van der Waals surface area contributed by atoms with Crippen molar-refractivity contribution in [2.75, 3.05) is 10.6 Å². The Bertz CT molecular complexity index is 1180. The van der Waals surface area contributed by atoms with E-state index < -0.39 is 0 Å². The van der Waals surface area contributed by atoms with Crippen LogP contribution in [0.5, 0.6) is 0 Å². The maximum Gasteiger partial charge on any atom is 0.267 e. The third kappa shape index (κ3) is 3.78. The first-order chi connectivity index (χ1) is 13.5. The second-order valence-electron chi connectivity index (χ2n) is 6.01. The molecule has 0 aliphatic carbocycles. The summed E-state index contributed by atoms with van der Waals surface area (Å²) in [6.45, 7) is 1.45. The number of thiophene rings is 1. The van der Waals surface area contributed by atoms with E-state index >= 15 is 0 Å². The highest BCUT2D eigenvalue weighted by Crippen LogP contribution is 2.30. The number of hydrogen-bond donors (Lipinski definition) is 2. The average molecular weight is 411 g/mol. The summed E-state index contributed by atoms with van der Waals surface area (Å²) in [7, 11) is 0. The van der Waals surface area contributed by atoms with Crippen LogP contribution in [0.15, 0.2) is 53.9 Å². The number of nitrogens with zero attached hydrogens (tertiary/aromatic N) is 1. The minimum Gasteiger partial charge on any atom is -0.326 e. The lowest BCUT2D eigenvalue weighted by molar-refractivity contribution is -0.114. The average Bonchev–Trinajstić information content (AvgIpc) is 3.30. The van der Waals surface area contributed by atoms with E-state index in [0.29, 0.717) is 21.1 Å². The number of aromatic nitrogens is 1. The molecule has 0 aliphatic rings. The van der Waals surface area contributed by atoms with Gasteiger partial charge in [-0.15, -0.1) is 22.7 Å². The number of thiazole rings is 1. The Morgan fingerprint density at radius 2 is 1.86 bits per heavy atom. The summed E-state index contributed by atoms with van der Waals surface area (Å²) in [5.74, 6) is -0.790. The van der Waals surface area contributed by atoms with Gasteiger partial charge in [0.2, 0.25) is 5.91 Å². The van der Waals surface area contributed by atoms with Gasteiger partial charge in [-0.05, 0) is 30.3 Å². The van der Waals surface area contributed by atoms with Crippen LogP contribution in [0, 0.1) is 5.82 Å². The molecule has 140 valence electrons. The van der Waals surface area contributed by atoms with E-state index in [0.717, 1.165) is 16.0 Å². The van der Waals surface area contributed by atoms with Gasteiger partial charge < -0.3 is 5.32 Å². The van der Waals surface area contributed by atoms with Crippen molar-refractivity contribution in [1.29, 1.82) is 0 Å². The van der Waals surface area contributed by atoms with Gasteiger partial charge in [-0.2, -0.15) is 0 Å². The normalized spacial score (nSPS) is 10.8. The minimum absolute atomic E-state index is 0.132. The van der Waals surface area contributed by atoms with Crippen molar-refractivity contribution in [2.45, 2.75) is 6.92 Å². The molecular formula is C20H14FN3O2S2. The lowest BCUT2D eigenvalue weighted by atomic mass is 10.1. The van der Waals surface area contributed by atoms with Crippen LogP contribution < -0.4 is 10.6 Å². The van der Waals surface area contributed by atoms with E-state index in [-0.39, 0.29) is 17.6 Å². The number of rotatable bonds is 4. The van der Waals surface area contributed by atoms with Crippen LogP contribution in [0.25, 0.3) is 21.3 Å². The third-order valence-corrected chi connectivity index (χ3v) is 5.81. The highest BCUT2D eigenvalue weighted by Gasteiger charge is 2.14. The van der Waals surface area contributed by atoms with E-state index in [4.69, 9.17) is 0 Å². The van der Waals surface area contributed by atoms with Crippen molar-refractivity contribution in [2.24, 2.45) is 0 Å². The lowest BCUT2D eigenvalue weighted by Gasteiger charge is -2.02. The van der Waals surface area contributed by atoms with Gasteiger partial charge in [-0.1, -0.05) is 18.2 Å². The monoisotopic (exact) mass is 411 g/mol. The molecule has 2 aromatic heterocycles. The molecule has 5 nitrogen and oxygen atoms in total. The molecule has 0 spiro atoms. The third-order valence-electron chi connectivity index (χ3n) is 3.96. The summed E-state index contributed by atoms with van der Waals surface area (Å²) in [6.07, 6.45) is 0. The van der Waals surface area contributed by atoms with Crippen LogP contribution in [0.4, 0.5) is 15.2 Å². The smallest absolute Gasteiger partial charge is 0.267 e. The van der Waals surface area contributed by atoms with Crippen molar-refractivity contribution in [3.05, 3.63) is 64.6 Å². The SMILES string of the molecule is CC(=O)Nc1ccc(-c2csc(NC(=O)c3cc4c(F)cccc4s3)n2)cc1. The quantitative estimate of drug-likeness (QED) is 0.474. The van der Waals surface area contributed by atoms with E-state index in [1.165, 1.54) is 35.7 Å². The molecule has 0 saturated carbocycles. The van der Waals surface area contributed by atoms with Gasteiger partial charge in [0.05, 0.1) is 10.6 Å². The Morgan fingerprint density at radius 3 is 2.57 bits per heavy atom. The van der Waals surface area contributed by atoms with Crippen LogP contribution in [0.2, 0.25) is 0 Å². The van der Waals surface area contributed by atoms with Gasteiger partial charge in [0, 0.05) is 33.6 Å². The second-order valence-corrected chi connectivity index (χ2v) is 7.95. The summed E-state index contributed by atoms with van der Waals surface area (Å²) in [6, 6.07) is 13.6. The van der Waals surface area contributed by atoms with Gasteiger partial charge in [-0.25, -0.2) is 9.37 Å². The molecule has 0 saturated heterocycles. The molecule has 8 heteroatoms. The van der Waals surface area contributed by atoms with Crippen LogP contribution in [0.3, 0.4) is 0 Å². The van der Waals surface area contributed by atoms with Crippen LogP contribution in [-0.4, -0.2) is 16.8 Å². The molecule has 0 bridgehead atoms. The molecule has 0 fully saturated rings. The zero-order chi connectivity index (χ0) is 19.7. The van der Waals surface area contributed by atoms with Gasteiger partial charge in [0.15, 0.2) is 5.13 Å². The predicted octanol–water partition coefficient (Wildman–Crippen LogP) is 5.37. The Balaban J connectivity index is 1.50. The first-order valence-electron chi connectivity index (χ1n) is 8.32. The summed E-state index contributed by atoms with van der Waals surface area (Å²) >= 11 is 2.55. The highest BCUT2D eigenvalue weighted by atomic mass is 32.1. The van der Waals surface area contributed by atoms with Crippen molar-refractivity contribution in [3.63, 3.8) is 0 Å². The molecule has 0 aliphatic heterocycles. The van der Waals surface area contributed by atoms with E-state index in [9.17, 15) is 14.0 Å².